The van der Waals surface area contributed by atoms with E-state index in [9.17, 15) is 9.59 Å². The molecule has 118 valence electrons. The van der Waals surface area contributed by atoms with Crippen LogP contribution in [0.25, 0.3) is 0 Å². The minimum Gasteiger partial charge on any atom is -0.281 e. The quantitative estimate of drug-likeness (QED) is 0.444. The Labute approximate surface area is 122 Å². The molecule has 0 atom stereocenters. The smallest absolute Gasteiger partial charge is 0.236 e. The zero-order chi connectivity index (χ0) is 15.4. The van der Waals surface area contributed by atoms with E-state index in [0.29, 0.717) is 12.8 Å². The lowest BCUT2D eigenvalue weighted by atomic mass is 10.1. The molecule has 0 aliphatic carbocycles. The van der Waals surface area contributed by atoms with Gasteiger partial charge in [0.25, 0.3) is 0 Å². The maximum absolute atomic E-state index is 11.5. The average Bonchev–Trinajstić information content (AvgIpc) is 2.47. The van der Waals surface area contributed by atoms with E-state index in [1.54, 1.807) is 28.2 Å². The Bertz CT molecular complexity index is 256. The summed E-state index contributed by atoms with van der Waals surface area (Å²) in [5.74, 6) is 0.265. The van der Waals surface area contributed by atoms with Crippen LogP contribution in [0.4, 0.5) is 0 Å². The molecule has 0 aliphatic rings. The van der Waals surface area contributed by atoms with Gasteiger partial charge in [0.05, 0.1) is 0 Å². The first-order valence-electron chi connectivity index (χ1n) is 7.40. The van der Waals surface area contributed by atoms with Crippen molar-refractivity contribution in [3.8, 4) is 0 Å². The molecule has 0 aromatic rings. The molecule has 2 N–H and O–H groups in total. The monoisotopic (exact) mass is 286 g/mol. The van der Waals surface area contributed by atoms with Crippen molar-refractivity contribution in [3.63, 3.8) is 0 Å². The molecular formula is C14H30N4O2. The van der Waals surface area contributed by atoms with Crippen molar-refractivity contribution in [1.29, 1.82) is 0 Å². The summed E-state index contributed by atoms with van der Waals surface area (Å²) in [7, 11) is 6.96. The van der Waals surface area contributed by atoms with E-state index in [1.807, 2.05) is 0 Å². The Balaban J connectivity index is 3.37. The summed E-state index contributed by atoms with van der Waals surface area (Å²) in [4.78, 5) is 23.0. The fraction of sp³-hybridized carbons (Fsp3) is 0.857. The second kappa shape index (κ2) is 11.7. The van der Waals surface area contributed by atoms with Crippen LogP contribution in [-0.2, 0) is 9.59 Å². The van der Waals surface area contributed by atoms with Crippen LogP contribution in [0.3, 0.4) is 0 Å². The maximum atomic E-state index is 11.5. The fourth-order valence-electron chi connectivity index (χ4n) is 1.84. The molecule has 0 unspecified atom stereocenters. The number of nitrogens with one attached hydrogen (secondary N) is 2. The number of carbonyl (C=O) groups is 2. The first-order chi connectivity index (χ1) is 9.52. The van der Waals surface area contributed by atoms with E-state index in [2.05, 4.69) is 10.9 Å². The van der Waals surface area contributed by atoms with Crippen molar-refractivity contribution < 1.29 is 9.59 Å². The van der Waals surface area contributed by atoms with Crippen molar-refractivity contribution in [2.75, 3.05) is 28.2 Å². The first kappa shape index (κ1) is 18.9. The zero-order valence-electron chi connectivity index (χ0n) is 13.4. The minimum atomic E-state index is 0.133. The van der Waals surface area contributed by atoms with Crippen LogP contribution in [0.15, 0.2) is 0 Å². The van der Waals surface area contributed by atoms with Crippen molar-refractivity contribution in [3.05, 3.63) is 0 Å². The number of nitrogens with zero attached hydrogens (tertiary/aromatic N) is 2. The number of rotatable bonds is 11. The predicted molar refractivity (Wildman–Crippen MR) is 80.6 cm³/mol. The molecule has 0 aromatic heterocycles. The van der Waals surface area contributed by atoms with E-state index < -0.39 is 0 Å². The van der Waals surface area contributed by atoms with E-state index in [0.717, 1.165) is 38.5 Å². The van der Waals surface area contributed by atoms with E-state index in [-0.39, 0.29) is 11.8 Å². The van der Waals surface area contributed by atoms with Gasteiger partial charge in [0.15, 0.2) is 0 Å². The summed E-state index contributed by atoms with van der Waals surface area (Å²) in [5.41, 5.74) is 5.60. The highest BCUT2D eigenvalue weighted by Gasteiger charge is 2.06. The highest BCUT2D eigenvalue weighted by molar-refractivity contribution is 5.75. The maximum Gasteiger partial charge on any atom is 0.236 e. The SMILES string of the molecule is CNN(C)C(=O)CCCCCCCCC(=O)N(C)NC. The third-order valence-corrected chi connectivity index (χ3v) is 3.45. The first-order valence-corrected chi connectivity index (χ1v) is 7.40. The van der Waals surface area contributed by atoms with Crippen molar-refractivity contribution >= 4 is 11.8 Å². The Kier molecular flexibility index (Phi) is 11.0. The van der Waals surface area contributed by atoms with Gasteiger partial charge in [-0.2, -0.15) is 0 Å². The van der Waals surface area contributed by atoms with Gasteiger partial charge in [0, 0.05) is 41.0 Å². The zero-order valence-corrected chi connectivity index (χ0v) is 13.4. The summed E-state index contributed by atoms with van der Waals surface area (Å²) >= 11 is 0. The lowest BCUT2D eigenvalue weighted by Crippen LogP contribution is -2.36. The van der Waals surface area contributed by atoms with Gasteiger partial charge in [-0.1, -0.05) is 25.7 Å². The van der Waals surface area contributed by atoms with Crippen LogP contribution in [0.2, 0.25) is 0 Å². The van der Waals surface area contributed by atoms with Gasteiger partial charge in [0.1, 0.15) is 0 Å². The van der Waals surface area contributed by atoms with E-state index >= 15 is 0 Å². The van der Waals surface area contributed by atoms with Crippen LogP contribution in [0, 0.1) is 0 Å². The number of unbranched alkanes of at least 4 members (excludes halogenated alkanes) is 5. The molecule has 2 amide bonds. The molecule has 20 heavy (non-hydrogen) atoms. The van der Waals surface area contributed by atoms with Crippen molar-refractivity contribution in [1.82, 2.24) is 20.9 Å². The lowest BCUT2D eigenvalue weighted by Gasteiger charge is -2.15. The molecule has 0 spiro atoms. The third-order valence-electron chi connectivity index (χ3n) is 3.45. The molecular weight excluding hydrogens is 256 g/mol. The van der Waals surface area contributed by atoms with Gasteiger partial charge >= 0.3 is 0 Å². The summed E-state index contributed by atoms with van der Waals surface area (Å²) in [6, 6.07) is 0. The van der Waals surface area contributed by atoms with Crippen LogP contribution in [0.5, 0.6) is 0 Å². The van der Waals surface area contributed by atoms with E-state index in [4.69, 9.17) is 0 Å². The second-order valence-corrected chi connectivity index (χ2v) is 4.97. The summed E-state index contributed by atoms with van der Waals surface area (Å²) in [6.07, 6.45) is 7.49. The van der Waals surface area contributed by atoms with Gasteiger partial charge in [-0.25, -0.2) is 10.9 Å². The van der Waals surface area contributed by atoms with Gasteiger partial charge in [-0.05, 0) is 12.8 Å². The number of hydrogen-bond acceptors (Lipinski definition) is 4. The van der Waals surface area contributed by atoms with Crippen LogP contribution < -0.4 is 10.9 Å². The summed E-state index contributed by atoms with van der Waals surface area (Å²) in [5, 5.41) is 3.04. The van der Waals surface area contributed by atoms with Crippen LogP contribution >= 0.6 is 0 Å². The molecule has 0 rings (SSSR count). The van der Waals surface area contributed by atoms with Gasteiger partial charge < -0.3 is 0 Å². The van der Waals surface area contributed by atoms with E-state index in [1.165, 1.54) is 10.0 Å². The molecule has 6 heteroatoms. The number of amides is 2. The minimum absolute atomic E-state index is 0.133. The molecule has 0 radical (unpaired) electrons. The molecule has 0 aliphatic heterocycles. The molecule has 0 fully saturated rings. The molecule has 0 saturated heterocycles. The van der Waals surface area contributed by atoms with Gasteiger partial charge in [-0.15, -0.1) is 0 Å². The lowest BCUT2D eigenvalue weighted by molar-refractivity contribution is -0.133. The van der Waals surface area contributed by atoms with Gasteiger partial charge in [0.2, 0.25) is 11.8 Å². The Morgan fingerprint density at radius 3 is 1.30 bits per heavy atom. The topological polar surface area (TPSA) is 64.7 Å². The Morgan fingerprint density at radius 2 is 1.00 bits per heavy atom. The normalized spacial score (nSPS) is 10.4. The standard InChI is InChI=1S/C14H30N4O2/c1-15-17(3)13(19)11-9-7-5-6-8-10-12-14(20)18(4)16-2/h15-16H,5-12H2,1-4H3. The molecule has 0 saturated carbocycles. The summed E-state index contributed by atoms with van der Waals surface area (Å²) in [6.45, 7) is 0. The van der Waals surface area contributed by atoms with Crippen molar-refractivity contribution in [2.45, 2.75) is 51.4 Å². The third kappa shape index (κ3) is 8.87. The molecule has 0 aromatic carbocycles. The Hall–Kier alpha value is -1.14. The Morgan fingerprint density at radius 1 is 0.700 bits per heavy atom. The van der Waals surface area contributed by atoms with Crippen molar-refractivity contribution in [2.24, 2.45) is 0 Å². The summed E-state index contributed by atoms with van der Waals surface area (Å²) < 4.78 is 0. The molecule has 6 nitrogen and oxygen atoms in total. The average molecular weight is 286 g/mol. The van der Waals surface area contributed by atoms with Gasteiger partial charge in [-0.3, -0.25) is 19.6 Å². The molecule has 0 bridgehead atoms. The second-order valence-electron chi connectivity index (χ2n) is 4.97. The number of carbonyl (C=O) groups excluding carboxylic acids is 2. The number of hydrogen-bond donors (Lipinski definition) is 2. The van der Waals surface area contributed by atoms with Crippen LogP contribution in [-0.4, -0.2) is 50.0 Å². The van der Waals surface area contributed by atoms with Crippen LogP contribution in [0.1, 0.15) is 51.4 Å². The highest BCUT2D eigenvalue weighted by atomic mass is 16.2. The molecule has 0 heterocycles. The predicted octanol–water partition coefficient (Wildman–Crippen LogP) is 1.29. The fourth-order valence-corrected chi connectivity index (χ4v) is 1.84. The highest BCUT2D eigenvalue weighted by Crippen LogP contribution is 2.09. The number of hydrazine groups is 2. The largest absolute Gasteiger partial charge is 0.281 e.